The van der Waals surface area contributed by atoms with Crippen LogP contribution in [0.1, 0.15) is 11.1 Å². The van der Waals surface area contributed by atoms with Gasteiger partial charge in [-0.05, 0) is 34.5 Å². The van der Waals surface area contributed by atoms with Crippen LogP contribution in [0.15, 0.2) is 28.7 Å². The summed E-state index contributed by atoms with van der Waals surface area (Å²) in [6.45, 7) is 2.02. The number of carbonyl (C=O) groups excluding carboxylic acids is 1. The van der Waals surface area contributed by atoms with Crippen molar-refractivity contribution in [2.24, 2.45) is 0 Å². The number of hydrogen-bond acceptors (Lipinski definition) is 1. The first kappa shape index (κ1) is 9.20. The minimum atomic E-state index is 0.563. The molecule has 1 aromatic rings. The molecule has 1 nitrogen and oxygen atoms in total. The van der Waals surface area contributed by atoms with Gasteiger partial charge in [-0.3, -0.25) is 4.79 Å². The quantitative estimate of drug-likeness (QED) is 0.558. The van der Waals surface area contributed by atoms with Crippen LogP contribution in [-0.2, 0) is 4.79 Å². The Labute approximate surface area is 80.2 Å². The first-order chi connectivity index (χ1) is 5.72. The zero-order valence-corrected chi connectivity index (χ0v) is 8.34. The van der Waals surface area contributed by atoms with Crippen molar-refractivity contribution in [3.8, 4) is 0 Å². The van der Waals surface area contributed by atoms with Crippen LogP contribution in [0.5, 0.6) is 0 Å². The zero-order valence-electron chi connectivity index (χ0n) is 6.75. The van der Waals surface area contributed by atoms with Gasteiger partial charge < -0.3 is 0 Å². The molecule has 0 aromatic heterocycles. The van der Waals surface area contributed by atoms with Gasteiger partial charge in [0.05, 0.1) is 4.48 Å². The van der Waals surface area contributed by atoms with Crippen molar-refractivity contribution < 1.29 is 4.79 Å². The van der Waals surface area contributed by atoms with E-state index in [1.165, 1.54) is 5.56 Å². The van der Waals surface area contributed by atoms with Gasteiger partial charge in [0.25, 0.3) is 0 Å². The fourth-order valence-electron chi connectivity index (χ4n) is 0.953. The van der Waals surface area contributed by atoms with Crippen LogP contribution in [0.2, 0.25) is 0 Å². The van der Waals surface area contributed by atoms with E-state index in [4.69, 9.17) is 0 Å². The summed E-state index contributed by atoms with van der Waals surface area (Å²) < 4.78 is 0.563. The van der Waals surface area contributed by atoms with Gasteiger partial charge in [-0.25, -0.2) is 0 Å². The van der Waals surface area contributed by atoms with E-state index in [0.717, 1.165) is 11.8 Å². The summed E-state index contributed by atoms with van der Waals surface area (Å²) in [4.78, 5) is 10.3. The third-order valence-electron chi connectivity index (χ3n) is 1.46. The Morgan fingerprint density at radius 1 is 1.50 bits per heavy atom. The maximum absolute atomic E-state index is 10.3. The lowest BCUT2D eigenvalue weighted by molar-refractivity contribution is -0.104. The van der Waals surface area contributed by atoms with Gasteiger partial charge in [0.15, 0.2) is 6.29 Å². The first-order valence-corrected chi connectivity index (χ1v) is 4.41. The number of aldehydes is 1. The molecule has 0 spiro atoms. The van der Waals surface area contributed by atoms with Crippen LogP contribution in [0, 0.1) is 6.92 Å². The highest BCUT2D eigenvalue weighted by Gasteiger charge is 1.90. The van der Waals surface area contributed by atoms with Crippen molar-refractivity contribution >= 4 is 28.3 Å². The molecule has 0 heterocycles. The monoisotopic (exact) mass is 224 g/mol. The van der Waals surface area contributed by atoms with Gasteiger partial charge in [-0.2, -0.15) is 0 Å². The Bertz CT molecular complexity index is 315. The number of allylic oxidation sites excluding steroid dienone is 1. The largest absolute Gasteiger partial charge is 0.297 e. The topological polar surface area (TPSA) is 17.1 Å². The van der Waals surface area contributed by atoms with Crippen molar-refractivity contribution in [1.29, 1.82) is 0 Å². The number of aryl methyl sites for hydroxylation is 1. The molecule has 0 atom stereocenters. The second-order valence-electron chi connectivity index (χ2n) is 2.56. The number of benzene rings is 1. The summed E-state index contributed by atoms with van der Waals surface area (Å²) in [7, 11) is 0. The Kier molecular flexibility index (Phi) is 3.23. The van der Waals surface area contributed by atoms with E-state index in [9.17, 15) is 4.79 Å². The molecule has 0 aliphatic carbocycles. The van der Waals surface area contributed by atoms with Crippen LogP contribution < -0.4 is 0 Å². The van der Waals surface area contributed by atoms with Crippen molar-refractivity contribution in [3.05, 3.63) is 39.9 Å². The molecule has 0 unspecified atom stereocenters. The Balaban J connectivity index is 2.97. The van der Waals surface area contributed by atoms with Crippen LogP contribution in [0.3, 0.4) is 0 Å². The molecule has 0 bridgehead atoms. The summed E-state index contributed by atoms with van der Waals surface area (Å²) in [5.41, 5.74) is 2.23. The minimum Gasteiger partial charge on any atom is -0.297 e. The molecular weight excluding hydrogens is 216 g/mol. The van der Waals surface area contributed by atoms with Gasteiger partial charge in [-0.15, -0.1) is 0 Å². The highest BCUT2D eigenvalue weighted by molar-refractivity contribution is 9.12. The summed E-state index contributed by atoms with van der Waals surface area (Å²) in [5.74, 6) is 0. The first-order valence-electron chi connectivity index (χ1n) is 3.61. The smallest absolute Gasteiger partial charge is 0.157 e. The number of halogens is 1. The average Bonchev–Trinajstić information content (AvgIpc) is 2.04. The molecule has 0 amide bonds. The molecule has 0 saturated heterocycles. The molecule has 0 saturated carbocycles. The number of hydrogen-bond donors (Lipinski definition) is 0. The summed E-state index contributed by atoms with van der Waals surface area (Å²) in [5, 5.41) is 0. The SMILES string of the molecule is Cc1cccc(/C=C(\Br)C=O)c1. The van der Waals surface area contributed by atoms with Gasteiger partial charge in [0.1, 0.15) is 0 Å². The van der Waals surface area contributed by atoms with Crippen molar-refractivity contribution in [3.63, 3.8) is 0 Å². The van der Waals surface area contributed by atoms with Gasteiger partial charge in [0, 0.05) is 0 Å². The molecule has 0 aliphatic rings. The molecule has 1 rings (SSSR count). The van der Waals surface area contributed by atoms with Crippen molar-refractivity contribution in [2.75, 3.05) is 0 Å². The zero-order chi connectivity index (χ0) is 8.97. The second kappa shape index (κ2) is 4.21. The van der Waals surface area contributed by atoms with Crippen LogP contribution in [-0.4, -0.2) is 6.29 Å². The molecule has 2 heteroatoms. The predicted molar refractivity (Wildman–Crippen MR) is 54.1 cm³/mol. The van der Waals surface area contributed by atoms with E-state index in [0.29, 0.717) is 4.48 Å². The van der Waals surface area contributed by atoms with Crippen LogP contribution in [0.4, 0.5) is 0 Å². The fraction of sp³-hybridized carbons (Fsp3) is 0.100. The maximum Gasteiger partial charge on any atom is 0.157 e. The van der Waals surface area contributed by atoms with E-state index in [-0.39, 0.29) is 0 Å². The molecule has 1 aromatic carbocycles. The minimum absolute atomic E-state index is 0.563. The standard InChI is InChI=1S/C10H9BrO/c1-8-3-2-4-9(5-8)6-10(11)7-12/h2-7H,1H3/b10-6-. The normalized spacial score (nSPS) is 11.3. The Hall–Kier alpha value is -0.890. The summed E-state index contributed by atoms with van der Waals surface area (Å²) in [6, 6.07) is 7.96. The molecule has 0 aliphatic heterocycles. The van der Waals surface area contributed by atoms with Gasteiger partial charge in [0.2, 0.25) is 0 Å². The van der Waals surface area contributed by atoms with Crippen LogP contribution in [0.25, 0.3) is 6.08 Å². The van der Waals surface area contributed by atoms with Crippen molar-refractivity contribution in [1.82, 2.24) is 0 Å². The van der Waals surface area contributed by atoms with E-state index >= 15 is 0 Å². The third kappa shape index (κ3) is 2.62. The lowest BCUT2D eigenvalue weighted by Crippen LogP contribution is -1.76. The van der Waals surface area contributed by atoms with Crippen molar-refractivity contribution in [2.45, 2.75) is 6.92 Å². The maximum atomic E-state index is 10.3. The number of carbonyl (C=O) groups is 1. The molecular formula is C10H9BrO. The molecule has 62 valence electrons. The van der Waals surface area contributed by atoms with E-state index < -0.39 is 0 Å². The van der Waals surface area contributed by atoms with Gasteiger partial charge in [-0.1, -0.05) is 29.8 Å². The highest BCUT2D eigenvalue weighted by atomic mass is 79.9. The average molecular weight is 225 g/mol. The third-order valence-corrected chi connectivity index (χ3v) is 1.88. The Morgan fingerprint density at radius 2 is 2.25 bits per heavy atom. The fourth-order valence-corrected chi connectivity index (χ4v) is 1.22. The summed E-state index contributed by atoms with van der Waals surface area (Å²) in [6.07, 6.45) is 2.57. The van der Waals surface area contributed by atoms with E-state index in [1.54, 1.807) is 6.08 Å². The lowest BCUT2D eigenvalue weighted by Gasteiger charge is -1.94. The predicted octanol–water partition coefficient (Wildman–Crippen LogP) is 2.93. The number of rotatable bonds is 2. The second-order valence-corrected chi connectivity index (χ2v) is 3.48. The lowest BCUT2D eigenvalue weighted by atomic mass is 10.1. The molecule has 0 fully saturated rings. The van der Waals surface area contributed by atoms with Gasteiger partial charge >= 0.3 is 0 Å². The molecule has 12 heavy (non-hydrogen) atoms. The van der Waals surface area contributed by atoms with Crippen LogP contribution >= 0.6 is 15.9 Å². The van der Waals surface area contributed by atoms with E-state index in [1.807, 2.05) is 31.2 Å². The molecule has 0 radical (unpaired) electrons. The highest BCUT2D eigenvalue weighted by Crippen LogP contribution is 2.11. The van der Waals surface area contributed by atoms with E-state index in [2.05, 4.69) is 15.9 Å². The summed E-state index contributed by atoms with van der Waals surface area (Å²) >= 11 is 3.13. The Morgan fingerprint density at radius 3 is 2.83 bits per heavy atom. The molecule has 0 N–H and O–H groups in total.